The first-order valence-corrected chi connectivity index (χ1v) is 7.52. The molecule has 1 heterocycles. The van der Waals surface area contributed by atoms with Crippen molar-refractivity contribution in [3.8, 4) is 5.75 Å². The zero-order valence-electron chi connectivity index (χ0n) is 11.2. The van der Waals surface area contributed by atoms with Crippen LogP contribution < -0.4 is 15.8 Å². The summed E-state index contributed by atoms with van der Waals surface area (Å²) in [5.74, 6) is 2.04. The summed E-state index contributed by atoms with van der Waals surface area (Å²) in [6, 6.07) is 5.91. The molecule has 0 saturated carbocycles. The second-order valence-corrected chi connectivity index (χ2v) is 6.59. The standard InChI is InChI=1S/C14H22N2OS/c1-3-17-12-7-4-6-11(13(12)15)16-10-14(2)8-5-9-18-14/h4,6-7,16H,3,5,8-10,15H2,1-2H3. The molecular formula is C14H22N2OS. The Morgan fingerprint density at radius 1 is 1.50 bits per heavy atom. The zero-order valence-corrected chi connectivity index (χ0v) is 12.0. The molecule has 1 aliphatic heterocycles. The molecular weight excluding hydrogens is 244 g/mol. The highest BCUT2D eigenvalue weighted by Gasteiger charge is 2.29. The molecule has 3 nitrogen and oxygen atoms in total. The van der Waals surface area contributed by atoms with E-state index in [4.69, 9.17) is 10.5 Å². The Morgan fingerprint density at radius 3 is 3.00 bits per heavy atom. The molecule has 1 aromatic rings. The van der Waals surface area contributed by atoms with Crippen LogP contribution in [0.4, 0.5) is 11.4 Å². The fraction of sp³-hybridized carbons (Fsp3) is 0.571. The summed E-state index contributed by atoms with van der Waals surface area (Å²) < 4.78 is 5.85. The van der Waals surface area contributed by atoms with Crippen molar-refractivity contribution in [2.24, 2.45) is 0 Å². The number of nitrogen functional groups attached to an aromatic ring is 1. The Balaban J connectivity index is 2.02. The van der Waals surface area contributed by atoms with Crippen LogP contribution in [0.15, 0.2) is 18.2 Å². The van der Waals surface area contributed by atoms with Gasteiger partial charge >= 0.3 is 0 Å². The summed E-state index contributed by atoms with van der Waals surface area (Å²) in [6.45, 7) is 5.88. The van der Waals surface area contributed by atoms with Crippen molar-refractivity contribution in [3.63, 3.8) is 0 Å². The van der Waals surface area contributed by atoms with Crippen molar-refractivity contribution in [2.75, 3.05) is 30.0 Å². The third-order valence-electron chi connectivity index (χ3n) is 3.32. The maximum absolute atomic E-state index is 6.10. The van der Waals surface area contributed by atoms with Gasteiger partial charge in [0.25, 0.3) is 0 Å². The first-order chi connectivity index (χ1) is 8.64. The van der Waals surface area contributed by atoms with Crippen LogP contribution in [0.2, 0.25) is 0 Å². The molecule has 0 bridgehead atoms. The monoisotopic (exact) mass is 266 g/mol. The van der Waals surface area contributed by atoms with E-state index < -0.39 is 0 Å². The van der Waals surface area contributed by atoms with Gasteiger partial charge in [-0.25, -0.2) is 0 Å². The molecule has 0 amide bonds. The Morgan fingerprint density at radius 2 is 2.33 bits per heavy atom. The number of hydrogen-bond acceptors (Lipinski definition) is 4. The SMILES string of the molecule is CCOc1cccc(NCC2(C)CCCS2)c1N. The smallest absolute Gasteiger partial charge is 0.144 e. The minimum atomic E-state index is 0.341. The molecule has 2 rings (SSSR count). The molecule has 1 aromatic carbocycles. The van der Waals surface area contributed by atoms with Gasteiger partial charge in [-0.2, -0.15) is 11.8 Å². The molecule has 0 spiro atoms. The average molecular weight is 266 g/mol. The Labute approximate surface area is 113 Å². The molecule has 18 heavy (non-hydrogen) atoms. The summed E-state index contributed by atoms with van der Waals surface area (Å²) in [4.78, 5) is 0. The van der Waals surface area contributed by atoms with Crippen molar-refractivity contribution in [1.82, 2.24) is 0 Å². The van der Waals surface area contributed by atoms with Gasteiger partial charge in [0.1, 0.15) is 5.75 Å². The van der Waals surface area contributed by atoms with Gasteiger partial charge < -0.3 is 15.8 Å². The Bertz CT molecular complexity index is 403. The van der Waals surface area contributed by atoms with Crippen LogP contribution in [0.25, 0.3) is 0 Å². The molecule has 0 radical (unpaired) electrons. The van der Waals surface area contributed by atoms with Crippen LogP contribution in [0.5, 0.6) is 5.75 Å². The van der Waals surface area contributed by atoms with E-state index in [9.17, 15) is 0 Å². The van der Waals surface area contributed by atoms with Crippen LogP contribution >= 0.6 is 11.8 Å². The molecule has 1 atom stereocenters. The number of hydrogen-bond donors (Lipinski definition) is 2. The number of benzene rings is 1. The van der Waals surface area contributed by atoms with E-state index in [1.807, 2.05) is 36.9 Å². The minimum absolute atomic E-state index is 0.341. The molecule has 0 aromatic heterocycles. The summed E-state index contributed by atoms with van der Waals surface area (Å²) >= 11 is 2.05. The first kappa shape index (κ1) is 13.4. The van der Waals surface area contributed by atoms with Crippen molar-refractivity contribution < 1.29 is 4.74 Å². The zero-order chi connectivity index (χ0) is 13.0. The van der Waals surface area contributed by atoms with Crippen LogP contribution in [0.1, 0.15) is 26.7 Å². The van der Waals surface area contributed by atoms with Gasteiger partial charge in [0.05, 0.1) is 18.0 Å². The van der Waals surface area contributed by atoms with E-state index >= 15 is 0 Å². The lowest BCUT2D eigenvalue weighted by atomic mass is 10.1. The molecule has 1 fully saturated rings. The second kappa shape index (κ2) is 5.74. The van der Waals surface area contributed by atoms with E-state index in [0.717, 1.165) is 18.0 Å². The summed E-state index contributed by atoms with van der Waals surface area (Å²) in [7, 11) is 0. The summed E-state index contributed by atoms with van der Waals surface area (Å²) in [6.07, 6.45) is 2.59. The third-order valence-corrected chi connectivity index (χ3v) is 4.86. The third kappa shape index (κ3) is 3.05. The Kier molecular flexibility index (Phi) is 4.27. The highest BCUT2D eigenvalue weighted by molar-refractivity contribution is 8.00. The van der Waals surface area contributed by atoms with E-state index in [1.165, 1.54) is 18.6 Å². The maximum atomic E-state index is 6.10. The normalized spacial score (nSPS) is 23.0. The molecule has 4 heteroatoms. The van der Waals surface area contributed by atoms with Gasteiger partial charge in [-0.05, 0) is 44.6 Å². The number of rotatable bonds is 5. The number of anilines is 2. The lowest BCUT2D eigenvalue weighted by Gasteiger charge is -2.24. The number of nitrogens with one attached hydrogen (secondary N) is 1. The number of para-hydroxylation sites is 1. The average Bonchev–Trinajstić information content (AvgIpc) is 2.78. The molecule has 100 valence electrons. The fourth-order valence-electron chi connectivity index (χ4n) is 2.24. The van der Waals surface area contributed by atoms with Crippen molar-refractivity contribution in [2.45, 2.75) is 31.4 Å². The second-order valence-electron chi connectivity index (χ2n) is 4.91. The highest BCUT2D eigenvalue weighted by Crippen LogP contribution is 2.38. The lowest BCUT2D eigenvalue weighted by Crippen LogP contribution is -2.27. The van der Waals surface area contributed by atoms with Crippen molar-refractivity contribution >= 4 is 23.1 Å². The van der Waals surface area contributed by atoms with Crippen LogP contribution in [-0.4, -0.2) is 23.7 Å². The predicted molar refractivity (Wildman–Crippen MR) is 80.6 cm³/mol. The first-order valence-electron chi connectivity index (χ1n) is 6.54. The topological polar surface area (TPSA) is 47.3 Å². The number of ether oxygens (including phenoxy) is 1. The fourth-order valence-corrected chi connectivity index (χ4v) is 3.48. The summed E-state index contributed by atoms with van der Waals surface area (Å²) in [5.41, 5.74) is 7.80. The van der Waals surface area contributed by atoms with Crippen molar-refractivity contribution in [1.29, 1.82) is 0 Å². The summed E-state index contributed by atoms with van der Waals surface area (Å²) in [5, 5.41) is 3.47. The van der Waals surface area contributed by atoms with Crippen LogP contribution in [-0.2, 0) is 0 Å². The Hall–Kier alpha value is -1.03. The van der Waals surface area contributed by atoms with E-state index in [-0.39, 0.29) is 0 Å². The van der Waals surface area contributed by atoms with Crippen LogP contribution in [0.3, 0.4) is 0 Å². The van der Waals surface area contributed by atoms with Gasteiger partial charge in [-0.1, -0.05) is 6.07 Å². The van der Waals surface area contributed by atoms with Crippen LogP contribution in [0, 0.1) is 0 Å². The van der Waals surface area contributed by atoms with Gasteiger partial charge in [0, 0.05) is 11.3 Å². The molecule has 1 unspecified atom stereocenters. The van der Waals surface area contributed by atoms with Gasteiger partial charge in [-0.15, -0.1) is 0 Å². The predicted octanol–water partition coefficient (Wildman–Crippen LogP) is 3.37. The quantitative estimate of drug-likeness (QED) is 0.802. The van der Waals surface area contributed by atoms with E-state index in [2.05, 4.69) is 12.2 Å². The number of thioether (sulfide) groups is 1. The largest absolute Gasteiger partial charge is 0.492 e. The van der Waals surface area contributed by atoms with Gasteiger partial charge in [-0.3, -0.25) is 0 Å². The van der Waals surface area contributed by atoms with E-state index in [1.54, 1.807) is 0 Å². The molecule has 1 aliphatic rings. The molecule has 1 saturated heterocycles. The highest BCUT2D eigenvalue weighted by atomic mass is 32.2. The molecule has 0 aliphatic carbocycles. The van der Waals surface area contributed by atoms with Crippen molar-refractivity contribution in [3.05, 3.63) is 18.2 Å². The number of nitrogens with two attached hydrogens (primary N) is 1. The minimum Gasteiger partial charge on any atom is -0.492 e. The van der Waals surface area contributed by atoms with E-state index in [0.29, 0.717) is 17.0 Å². The lowest BCUT2D eigenvalue weighted by molar-refractivity contribution is 0.342. The molecule has 3 N–H and O–H groups in total. The van der Waals surface area contributed by atoms with Gasteiger partial charge in [0.15, 0.2) is 0 Å². The maximum Gasteiger partial charge on any atom is 0.144 e. The van der Waals surface area contributed by atoms with Gasteiger partial charge in [0.2, 0.25) is 0 Å².